The van der Waals surface area contributed by atoms with Crippen molar-refractivity contribution in [1.29, 1.82) is 0 Å². The molecule has 0 fully saturated rings. The van der Waals surface area contributed by atoms with Crippen molar-refractivity contribution in [2.24, 2.45) is 5.92 Å². The van der Waals surface area contributed by atoms with Crippen LogP contribution in [0.5, 0.6) is 0 Å². The molecule has 0 saturated carbocycles. The van der Waals surface area contributed by atoms with E-state index in [1.807, 2.05) is 0 Å². The molecule has 2 atom stereocenters. The molecule has 0 radical (unpaired) electrons. The van der Waals surface area contributed by atoms with E-state index in [4.69, 9.17) is 0 Å². The number of hydrogen-bond donors (Lipinski definition) is 1. The average molecular weight is 318 g/mol. The van der Waals surface area contributed by atoms with Crippen molar-refractivity contribution in [1.82, 2.24) is 4.90 Å². The molecule has 1 N–H and O–H groups in total. The maximum atomic E-state index is 13.9. The molecule has 0 spiro atoms. The van der Waals surface area contributed by atoms with Crippen LogP contribution in [0.1, 0.15) is 24.9 Å². The highest BCUT2D eigenvalue weighted by Crippen LogP contribution is 2.32. The monoisotopic (exact) mass is 317 g/mol. The molecule has 1 aromatic carbocycles. The Kier molecular flexibility index (Phi) is 5.28. The van der Waals surface area contributed by atoms with E-state index in [0.29, 0.717) is 12.0 Å². The molecule has 3 nitrogen and oxygen atoms in total. The molecule has 2 unspecified atom stereocenters. The first-order chi connectivity index (χ1) is 8.38. The summed E-state index contributed by atoms with van der Waals surface area (Å²) < 4.78 is 14.6. The lowest BCUT2D eigenvalue weighted by molar-refractivity contribution is -0.144. The maximum Gasteiger partial charge on any atom is 0.308 e. The second-order valence-corrected chi connectivity index (χ2v) is 5.34. The zero-order valence-electron chi connectivity index (χ0n) is 10.7. The van der Waals surface area contributed by atoms with E-state index in [-0.39, 0.29) is 5.82 Å². The fourth-order valence-electron chi connectivity index (χ4n) is 2.13. The van der Waals surface area contributed by atoms with Gasteiger partial charge in [-0.25, -0.2) is 4.39 Å². The zero-order valence-corrected chi connectivity index (χ0v) is 12.2. The van der Waals surface area contributed by atoms with E-state index in [0.717, 1.165) is 4.47 Å². The minimum absolute atomic E-state index is 0.378. The van der Waals surface area contributed by atoms with Crippen LogP contribution in [0, 0.1) is 11.7 Å². The first-order valence-corrected chi connectivity index (χ1v) is 6.52. The molecule has 18 heavy (non-hydrogen) atoms. The highest BCUT2D eigenvalue weighted by Gasteiger charge is 2.31. The van der Waals surface area contributed by atoms with Gasteiger partial charge in [0.2, 0.25) is 0 Å². The summed E-state index contributed by atoms with van der Waals surface area (Å²) in [6, 6.07) is 4.12. The highest BCUT2D eigenvalue weighted by atomic mass is 79.9. The summed E-state index contributed by atoms with van der Waals surface area (Å²) in [7, 11) is 3.52. The van der Waals surface area contributed by atoms with Crippen LogP contribution < -0.4 is 0 Å². The van der Waals surface area contributed by atoms with Crippen LogP contribution in [0.3, 0.4) is 0 Å². The van der Waals surface area contributed by atoms with Gasteiger partial charge in [0.25, 0.3) is 0 Å². The third kappa shape index (κ3) is 3.29. The maximum absolute atomic E-state index is 13.9. The van der Waals surface area contributed by atoms with Gasteiger partial charge in [-0.3, -0.25) is 4.79 Å². The molecule has 1 aromatic rings. The Morgan fingerprint density at radius 2 is 2.11 bits per heavy atom. The Morgan fingerprint density at radius 1 is 1.50 bits per heavy atom. The standard InChI is InChI=1S/C13H17BrFNO2/c1-4-9(13(17)18)12(16(2)3)10-7-8(14)5-6-11(10)15/h5-7,9,12H,4H2,1-3H3,(H,17,18). The third-order valence-electron chi connectivity index (χ3n) is 2.97. The molecule has 0 amide bonds. The molecule has 100 valence electrons. The van der Waals surface area contributed by atoms with E-state index < -0.39 is 17.9 Å². The van der Waals surface area contributed by atoms with Gasteiger partial charge in [-0.2, -0.15) is 0 Å². The highest BCUT2D eigenvalue weighted by molar-refractivity contribution is 9.10. The minimum Gasteiger partial charge on any atom is -0.481 e. The van der Waals surface area contributed by atoms with Crippen LogP contribution in [-0.4, -0.2) is 30.1 Å². The molecular formula is C13H17BrFNO2. The fraction of sp³-hybridized carbons (Fsp3) is 0.462. The van der Waals surface area contributed by atoms with Crippen molar-refractivity contribution < 1.29 is 14.3 Å². The summed E-state index contributed by atoms with van der Waals surface area (Å²) in [4.78, 5) is 13.0. The molecule has 0 aliphatic rings. The number of aliphatic carboxylic acids is 1. The van der Waals surface area contributed by atoms with Crippen molar-refractivity contribution in [2.45, 2.75) is 19.4 Å². The first-order valence-electron chi connectivity index (χ1n) is 5.72. The van der Waals surface area contributed by atoms with Crippen molar-refractivity contribution >= 4 is 21.9 Å². The van der Waals surface area contributed by atoms with Crippen LogP contribution in [0.15, 0.2) is 22.7 Å². The predicted molar refractivity (Wildman–Crippen MR) is 71.9 cm³/mol. The summed E-state index contributed by atoms with van der Waals surface area (Å²) >= 11 is 3.29. The Morgan fingerprint density at radius 3 is 2.56 bits per heavy atom. The van der Waals surface area contributed by atoms with Crippen LogP contribution in [-0.2, 0) is 4.79 Å². The van der Waals surface area contributed by atoms with Crippen LogP contribution in [0.4, 0.5) is 4.39 Å². The molecule has 0 aromatic heterocycles. The Bertz CT molecular complexity index is 437. The molecule has 0 heterocycles. The number of nitrogens with zero attached hydrogens (tertiary/aromatic N) is 1. The molecule has 1 rings (SSSR count). The fourth-order valence-corrected chi connectivity index (χ4v) is 2.51. The summed E-state index contributed by atoms with van der Waals surface area (Å²) in [6.45, 7) is 1.80. The lowest BCUT2D eigenvalue weighted by atomic mass is 9.90. The second-order valence-electron chi connectivity index (χ2n) is 4.43. The van der Waals surface area contributed by atoms with Crippen LogP contribution >= 0.6 is 15.9 Å². The van der Waals surface area contributed by atoms with Crippen molar-refractivity contribution in [3.05, 3.63) is 34.1 Å². The van der Waals surface area contributed by atoms with Gasteiger partial charge in [-0.15, -0.1) is 0 Å². The van der Waals surface area contributed by atoms with Gasteiger partial charge in [-0.05, 0) is 38.7 Å². The summed E-state index contributed by atoms with van der Waals surface area (Å²) in [6.07, 6.45) is 0.449. The van der Waals surface area contributed by atoms with Gasteiger partial charge < -0.3 is 10.0 Å². The molecular weight excluding hydrogens is 301 g/mol. The van der Waals surface area contributed by atoms with E-state index in [2.05, 4.69) is 15.9 Å². The van der Waals surface area contributed by atoms with Crippen molar-refractivity contribution in [3.8, 4) is 0 Å². The molecule has 0 saturated heterocycles. The van der Waals surface area contributed by atoms with Crippen LogP contribution in [0.2, 0.25) is 0 Å². The van der Waals surface area contributed by atoms with Gasteiger partial charge in [-0.1, -0.05) is 22.9 Å². The number of carbonyl (C=O) groups is 1. The van der Waals surface area contributed by atoms with E-state index >= 15 is 0 Å². The van der Waals surface area contributed by atoms with Gasteiger partial charge in [0.05, 0.1) is 12.0 Å². The Labute approximate surface area is 115 Å². The summed E-state index contributed by atoms with van der Waals surface area (Å²) in [5.41, 5.74) is 0.406. The van der Waals surface area contributed by atoms with Crippen molar-refractivity contribution in [2.75, 3.05) is 14.1 Å². The number of halogens is 2. The van der Waals surface area contributed by atoms with Gasteiger partial charge in [0, 0.05) is 10.0 Å². The number of rotatable bonds is 5. The van der Waals surface area contributed by atoms with E-state index in [9.17, 15) is 14.3 Å². The van der Waals surface area contributed by atoms with E-state index in [1.54, 1.807) is 38.1 Å². The summed E-state index contributed by atoms with van der Waals surface area (Å²) in [5.74, 6) is -1.92. The predicted octanol–water partition coefficient (Wildman–Crippen LogP) is 3.30. The first kappa shape index (κ1) is 15.1. The molecule has 0 aliphatic carbocycles. The van der Waals surface area contributed by atoms with Gasteiger partial charge in [0.1, 0.15) is 5.82 Å². The van der Waals surface area contributed by atoms with Crippen LogP contribution in [0.25, 0.3) is 0 Å². The number of benzene rings is 1. The van der Waals surface area contributed by atoms with Crippen molar-refractivity contribution in [3.63, 3.8) is 0 Å². The average Bonchev–Trinajstić information content (AvgIpc) is 2.28. The quantitative estimate of drug-likeness (QED) is 0.905. The number of carboxylic acid groups (broad SMARTS) is 1. The Balaban J connectivity index is 3.27. The molecule has 0 bridgehead atoms. The number of carboxylic acids is 1. The summed E-state index contributed by atoms with van der Waals surface area (Å²) in [5, 5.41) is 9.25. The van der Waals surface area contributed by atoms with Gasteiger partial charge >= 0.3 is 5.97 Å². The SMILES string of the molecule is CCC(C(=O)O)C(c1cc(Br)ccc1F)N(C)C. The zero-order chi connectivity index (χ0) is 13.9. The largest absolute Gasteiger partial charge is 0.481 e. The topological polar surface area (TPSA) is 40.5 Å². The number of hydrogen-bond acceptors (Lipinski definition) is 2. The lowest BCUT2D eigenvalue weighted by Gasteiger charge is -2.30. The smallest absolute Gasteiger partial charge is 0.308 e. The third-order valence-corrected chi connectivity index (χ3v) is 3.46. The van der Waals surface area contributed by atoms with Gasteiger partial charge in [0.15, 0.2) is 0 Å². The van der Waals surface area contributed by atoms with E-state index in [1.165, 1.54) is 6.07 Å². The minimum atomic E-state index is -0.907. The normalized spacial score (nSPS) is 14.6. The second kappa shape index (κ2) is 6.29. The Hall–Kier alpha value is -0.940. The molecule has 5 heteroatoms. The molecule has 0 aliphatic heterocycles. The lowest BCUT2D eigenvalue weighted by Crippen LogP contribution is -2.32.